The van der Waals surface area contributed by atoms with Crippen molar-refractivity contribution in [1.82, 2.24) is 0 Å². The van der Waals surface area contributed by atoms with Crippen molar-refractivity contribution >= 4 is 17.1 Å². The van der Waals surface area contributed by atoms with E-state index in [0.717, 1.165) is 17.1 Å². The van der Waals surface area contributed by atoms with Crippen molar-refractivity contribution < 1.29 is 4.74 Å². The van der Waals surface area contributed by atoms with Gasteiger partial charge in [0, 0.05) is 18.8 Å². The second kappa shape index (κ2) is 5.22. The highest BCUT2D eigenvalue weighted by Gasteiger charge is 2.09. The summed E-state index contributed by atoms with van der Waals surface area (Å²) in [5.74, 6) is 0.773. The fourth-order valence-corrected chi connectivity index (χ4v) is 2.25. The molecule has 0 aliphatic heterocycles. The molecule has 0 unspecified atom stereocenters. The van der Waals surface area contributed by atoms with Gasteiger partial charge in [0.15, 0.2) is 0 Å². The lowest BCUT2D eigenvalue weighted by atomic mass is 10.1. The molecule has 0 atom stereocenters. The van der Waals surface area contributed by atoms with E-state index in [1.165, 1.54) is 11.1 Å². The van der Waals surface area contributed by atoms with Gasteiger partial charge in [-0.15, -0.1) is 0 Å². The van der Waals surface area contributed by atoms with E-state index in [-0.39, 0.29) is 0 Å². The summed E-state index contributed by atoms with van der Waals surface area (Å²) >= 11 is 0. The molecule has 3 heteroatoms. The van der Waals surface area contributed by atoms with Crippen LogP contribution in [0.3, 0.4) is 0 Å². The minimum absolute atomic E-state index is 0.709. The minimum atomic E-state index is 0.709. The zero-order chi connectivity index (χ0) is 14.0. The number of hydrogen-bond acceptors (Lipinski definition) is 3. The molecule has 0 heterocycles. The molecule has 0 spiro atoms. The molecule has 0 aromatic heterocycles. The fraction of sp³-hybridized carbons (Fsp3) is 0.250. The van der Waals surface area contributed by atoms with Gasteiger partial charge in [0.05, 0.1) is 18.5 Å². The zero-order valence-corrected chi connectivity index (χ0v) is 11.9. The molecule has 0 radical (unpaired) electrons. The predicted octanol–water partition coefficient (Wildman–Crippen LogP) is 3.66. The molecule has 100 valence electrons. The lowest BCUT2D eigenvalue weighted by Crippen LogP contribution is -2.12. The van der Waals surface area contributed by atoms with Crippen LogP contribution in [0, 0.1) is 13.8 Å². The van der Waals surface area contributed by atoms with Crippen molar-refractivity contribution in [3.05, 3.63) is 47.5 Å². The predicted molar refractivity (Wildman–Crippen MR) is 81.4 cm³/mol. The van der Waals surface area contributed by atoms with Crippen molar-refractivity contribution in [3.8, 4) is 5.75 Å². The molecule has 2 rings (SSSR count). The van der Waals surface area contributed by atoms with Crippen molar-refractivity contribution in [1.29, 1.82) is 0 Å². The number of nitrogens with zero attached hydrogens (tertiary/aromatic N) is 1. The first kappa shape index (κ1) is 13.3. The molecule has 0 saturated carbocycles. The van der Waals surface area contributed by atoms with Gasteiger partial charge in [0.25, 0.3) is 0 Å². The van der Waals surface area contributed by atoms with Crippen LogP contribution in [0.15, 0.2) is 36.4 Å². The molecule has 0 aliphatic rings. The van der Waals surface area contributed by atoms with E-state index in [2.05, 4.69) is 36.9 Å². The van der Waals surface area contributed by atoms with Crippen LogP contribution in [0.5, 0.6) is 5.75 Å². The van der Waals surface area contributed by atoms with E-state index < -0.39 is 0 Å². The van der Waals surface area contributed by atoms with Crippen molar-refractivity contribution in [2.24, 2.45) is 0 Å². The number of ether oxygens (including phenoxy) is 1. The quantitative estimate of drug-likeness (QED) is 0.852. The van der Waals surface area contributed by atoms with Crippen molar-refractivity contribution in [2.75, 3.05) is 24.8 Å². The topological polar surface area (TPSA) is 38.5 Å². The molecular formula is C16H20N2O. The minimum Gasteiger partial charge on any atom is -0.497 e. The van der Waals surface area contributed by atoms with Crippen LogP contribution in [-0.2, 0) is 0 Å². The van der Waals surface area contributed by atoms with Gasteiger partial charge in [-0.1, -0.05) is 6.07 Å². The van der Waals surface area contributed by atoms with Crippen LogP contribution >= 0.6 is 0 Å². The Morgan fingerprint density at radius 2 is 1.63 bits per heavy atom. The van der Waals surface area contributed by atoms with Gasteiger partial charge in [-0.25, -0.2) is 0 Å². The number of hydrogen-bond donors (Lipinski definition) is 1. The highest BCUT2D eigenvalue weighted by Crippen LogP contribution is 2.32. The SMILES string of the molecule is COc1ccc(N(C)c2cc(C)cc(C)c2)c(N)c1. The Bertz CT molecular complexity index is 573. The maximum atomic E-state index is 6.09. The Morgan fingerprint density at radius 3 is 2.16 bits per heavy atom. The average molecular weight is 256 g/mol. The lowest BCUT2D eigenvalue weighted by molar-refractivity contribution is 0.415. The van der Waals surface area contributed by atoms with Gasteiger partial charge in [0.1, 0.15) is 5.75 Å². The third-order valence-corrected chi connectivity index (χ3v) is 3.19. The largest absolute Gasteiger partial charge is 0.497 e. The summed E-state index contributed by atoms with van der Waals surface area (Å²) in [5.41, 5.74) is 11.4. The summed E-state index contributed by atoms with van der Waals surface area (Å²) < 4.78 is 5.18. The number of nitrogen functional groups attached to an aromatic ring is 1. The number of benzene rings is 2. The Balaban J connectivity index is 2.40. The van der Waals surface area contributed by atoms with Crippen LogP contribution in [0.1, 0.15) is 11.1 Å². The van der Waals surface area contributed by atoms with E-state index in [9.17, 15) is 0 Å². The molecule has 0 amide bonds. The number of rotatable bonds is 3. The van der Waals surface area contributed by atoms with Crippen LogP contribution in [0.2, 0.25) is 0 Å². The van der Waals surface area contributed by atoms with E-state index in [1.54, 1.807) is 7.11 Å². The fourth-order valence-electron chi connectivity index (χ4n) is 2.25. The first-order chi connectivity index (χ1) is 9.01. The molecule has 19 heavy (non-hydrogen) atoms. The van der Waals surface area contributed by atoms with Gasteiger partial charge in [-0.05, 0) is 49.2 Å². The van der Waals surface area contributed by atoms with E-state index in [4.69, 9.17) is 10.5 Å². The molecule has 2 aromatic carbocycles. The van der Waals surface area contributed by atoms with Crippen LogP contribution < -0.4 is 15.4 Å². The maximum Gasteiger partial charge on any atom is 0.121 e. The third kappa shape index (κ3) is 2.81. The molecule has 2 N–H and O–H groups in total. The van der Waals surface area contributed by atoms with E-state index in [1.807, 2.05) is 25.2 Å². The summed E-state index contributed by atoms with van der Waals surface area (Å²) in [7, 11) is 3.66. The first-order valence-corrected chi connectivity index (χ1v) is 6.27. The second-order valence-electron chi connectivity index (χ2n) is 4.83. The summed E-state index contributed by atoms with van der Waals surface area (Å²) in [6, 6.07) is 12.2. The van der Waals surface area contributed by atoms with Crippen LogP contribution in [0.4, 0.5) is 17.1 Å². The smallest absolute Gasteiger partial charge is 0.121 e. The molecule has 0 aliphatic carbocycles. The highest BCUT2D eigenvalue weighted by atomic mass is 16.5. The number of aryl methyl sites for hydroxylation is 2. The summed E-state index contributed by atoms with van der Waals surface area (Å²) in [5, 5.41) is 0. The standard InChI is InChI=1S/C16H20N2O/c1-11-7-12(2)9-13(8-11)18(3)16-6-5-14(19-4)10-15(16)17/h5-10H,17H2,1-4H3. The molecule has 0 saturated heterocycles. The normalized spacial score (nSPS) is 10.3. The second-order valence-corrected chi connectivity index (χ2v) is 4.83. The highest BCUT2D eigenvalue weighted by molar-refractivity contribution is 5.76. The molecule has 0 fully saturated rings. The Hall–Kier alpha value is -2.16. The van der Waals surface area contributed by atoms with Crippen LogP contribution in [-0.4, -0.2) is 14.2 Å². The zero-order valence-electron chi connectivity index (χ0n) is 11.9. The summed E-state index contributed by atoms with van der Waals surface area (Å²) in [4.78, 5) is 2.09. The Labute approximate surface area is 114 Å². The van der Waals surface area contributed by atoms with Gasteiger partial charge in [-0.2, -0.15) is 0 Å². The molecular weight excluding hydrogens is 236 g/mol. The van der Waals surface area contributed by atoms with Gasteiger partial charge in [-0.3, -0.25) is 0 Å². The van der Waals surface area contributed by atoms with Gasteiger partial charge >= 0.3 is 0 Å². The molecule has 0 bridgehead atoms. The van der Waals surface area contributed by atoms with Crippen molar-refractivity contribution in [2.45, 2.75) is 13.8 Å². The molecule has 2 aromatic rings. The van der Waals surface area contributed by atoms with E-state index >= 15 is 0 Å². The van der Waals surface area contributed by atoms with Crippen molar-refractivity contribution in [3.63, 3.8) is 0 Å². The van der Waals surface area contributed by atoms with Gasteiger partial charge < -0.3 is 15.4 Å². The molecule has 3 nitrogen and oxygen atoms in total. The van der Waals surface area contributed by atoms with Gasteiger partial charge in [0.2, 0.25) is 0 Å². The van der Waals surface area contributed by atoms with E-state index in [0.29, 0.717) is 5.69 Å². The number of methoxy groups -OCH3 is 1. The third-order valence-electron chi connectivity index (χ3n) is 3.19. The number of nitrogens with two attached hydrogens (primary N) is 1. The maximum absolute atomic E-state index is 6.09. The number of anilines is 3. The Kier molecular flexibility index (Phi) is 3.65. The first-order valence-electron chi connectivity index (χ1n) is 6.27. The average Bonchev–Trinajstić information content (AvgIpc) is 2.36. The summed E-state index contributed by atoms with van der Waals surface area (Å²) in [6.07, 6.45) is 0. The lowest BCUT2D eigenvalue weighted by Gasteiger charge is -2.22. The monoisotopic (exact) mass is 256 g/mol. The Morgan fingerprint density at radius 1 is 1.00 bits per heavy atom. The van der Waals surface area contributed by atoms with Crippen LogP contribution in [0.25, 0.3) is 0 Å². The summed E-state index contributed by atoms with van der Waals surface area (Å²) in [6.45, 7) is 4.20.